The number of benzene rings is 1. The Hall–Kier alpha value is -3.48. The van der Waals surface area contributed by atoms with Crippen molar-refractivity contribution in [1.82, 2.24) is 4.90 Å². The Labute approximate surface area is 224 Å². The van der Waals surface area contributed by atoms with Crippen LogP contribution in [-0.4, -0.2) is 87.6 Å². The highest BCUT2D eigenvalue weighted by Crippen LogP contribution is 2.64. The number of carbonyl (C=O) groups excluding carboxylic acids is 3. The first-order valence-electron chi connectivity index (χ1n) is 12.8. The maximum Gasteiger partial charge on any atom is 0.352 e. The Morgan fingerprint density at radius 1 is 1.21 bits per heavy atom. The van der Waals surface area contributed by atoms with Crippen molar-refractivity contribution in [1.29, 1.82) is 0 Å². The number of carbonyl (C=O) groups is 4. The van der Waals surface area contributed by atoms with Crippen molar-refractivity contribution < 1.29 is 53.4 Å². The van der Waals surface area contributed by atoms with Crippen LogP contribution in [-0.2, 0) is 51.8 Å². The zero-order valence-corrected chi connectivity index (χ0v) is 21.8. The molecule has 1 saturated heterocycles. The van der Waals surface area contributed by atoms with Gasteiger partial charge in [-0.1, -0.05) is 12.1 Å². The highest BCUT2D eigenvalue weighted by Gasteiger charge is 2.71. The lowest BCUT2D eigenvalue weighted by atomic mass is 9.50. The molecule has 39 heavy (non-hydrogen) atoms. The van der Waals surface area contributed by atoms with E-state index in [-0.39, 0.29) is 24.8 Å². The summed E-state index contributed by atoms with van der Waals surface area (Å²) in [6, 6.07) is 3.55. The molecule has 0 aromatic heterocycles. The molecule has 3 N–H and O–H groups in total. The van der Waals surface area contributed by atoms with Crippen LogP contribution in [0, 0.1) is 0 Å². The molecule has 1 spiro atoms. The van der Waals surface area contributed by atoms with Gasteiger partial charge >= 0.3 is 23.9 Å². The van der Waals surface area contributed by atoms with E-state index in [1.54, 1.807) is 12.1 Å². The van der Waals surface area contributed by atoms with E-state index >= 15 is 0 Å². The highest BCUT2D eigenvalue weighted by atomic mass is 16.6. The van der Waals surface area contributed by atoms with Crippen LogP contribution < -0.4 is 4.74 Å². The number of ether oxygens (including phenoxy) is 4. The molecule has 2 bridgehead atoms. The smallest absolute Gasteiger partial charge is 0.352 e. The summed E-state index contributed by atoms with van der Waals surface area (Å²) in [5, 5.41) is 31.2. The zero-order valence-electron chi connectivity index (χ0n) is 21.8. The molecule has 210 valence electrons. The molecule has 2 aliphatic heterocycles. The lowest BCUT2D eigenvalue weighted by Gasteiger charge is -2.61. The second-order valence-electron chi connectivity index (χ2n) is 10.6. The van der Waals surface area contributed by atoms with Gasteiger partial charge in [0.1, 0.15) is 11.5 Å². The fraction of sp³-hybridized carbons (Fsp3) is 0.556. The molecule has 0 radical (unpaired) electrons. The maximum atomic E-state index is 13.0. The molecular weight excluding hydrogens is 514 g/mol. The normalized spacial score (nSPS) is 29.7. The third-order valence-corrected chi connectivity index (χ3v) is 8.40. The van der Waals surface area contributed by atoms with Gasteiger partial charge in [-0.25, -0.2) is 9.59 Å². The molecule has 12 nitrogen and oxygen atoms in total. The molecule has 1 fully saturated rings. The monoisotopic (exact) mass is 545 g/mol. The molecule has 2 unspecified atom stereocenters. The largest absolute Gasteiger partial charge is 0.481 e. The second kappa shape index (κ2) is 9.61. The predicted molar refractivity (Wildman–Crippen MR) is 130 cm³/mol. The number of hydrogen-bond acceptors (Lipinski definition) is 11. The van der Waals surface area contributed by atoms with E-state index < -0.39 is 59.6 Å². The average Bonchev–Trinajstić information content (AvgIpc) is 3.22. The number of esters is 3. The molecule has 12 heteroatoms. The van der Waals surface area contributed by atoms with E-state index in [1.165, 1.54) is 6.92 Å². The Morgan fingerprint density at radius 2 is 1.95 bits per heavy atom. The highest BCUT2D eigenvalue weighted by molar-refractivity contribution is 5.86. The number of piperidine rings is 1. The molecule has 2 heterocycles. The molecule has 0 amide bonds. The summed E-state index contributed by atoms with van der Waals surface area (Å²) in [6.45, 7) is 2.68. The molecule has 2 aliphatic carbocycles. The molecule has 5 rings (SSSR count). The maximum absolute atomic E-state index is 13.0. The van der Waals surface area contributed by atoms with Gasteiger partial charge in [0.25, 0.3) is 0 Å². The number of rotatable bonds is 8. The lowest BCUT2D eigenvalue weighted by molar-refractivity contribution is -0.181. The van der Waals surface area contributed by atoms with Gasteiger partial charge in [0.15, 0.2) is 12.2 Å². The lowest BCUT2D eigenvalue weighted by Crippen LogP contribution is -2.74. The summed E-state index contributed by atoms with van der Waals surface area (Å²) < 4.78 is 21.9. The van der Waals surface area contributed by atoms with Gasteiger partial charge in [-0.2, -0.15) is 0 Å². The van der Waals surface area contributed by atoms with E-state index in [1.807, 2.05) is 13.1 Å². The minimum Gasteiger partial charge on any atom is -0.481 e. The first-order chi connectivity index (χ1) is 18.4. The van der Waals surface area contributed by atoms with Gasteiger partial charge in [-0.15, -0.1) is 0 Å². The second-order valence-corrected chi connectivity index (χ2v) is 10.6. The molecule has 6 atom stereocenters. The third kappa shape index (κ3) is 4.09. The fourth-order valence-corrected chi connectivity index (χ4v) is 6.66. The summed E-state index contributed by atoms with van der Waals surface area (Å²) in [6.07, 6.45) is -1.94. The van der Waals surface area contributed by atoms with Crippen molar-refractivity contribution in [2.45, 2.75) is 81.5 Å². The Kier molecular flexibility index (Phi) is 6.68. The Morgan fingerprint density at radius 3 is 2.62 bits per heavy atom. The van der Waals surface area contributed by atoms with Crippen molar-refractivity contribution in [3.05, 3.63) is 40.7 Å². The summed E-state index contributed by atoms with van der Waals surface area (Å²) in [5.41, 5.74) is 0.296. The first kappa shape index (κ1) is 27.1. The van der Waals surface area contributed by atoms with Gasteiger partial charge < -0.3 is 39.2 Å². The number of nitrogens with zero attached hydrogens (tertiary/aromatic N) is 1. The van der Waals surface area contributed by atoms with Crippen molar-refractivity contribution in [2.24, 2.45) is 0 Å². The number of aliphatic hydroxyl groups is 2. The summed E-state index contributed by atoms with van der Waals surface area (Å²) in [4.78, 5) is 50.0. The third-order valence-electron chi connectivity index (χ3n) is 8.40. The summed E-state index contributed by atoms with van der Waals surface area (Å²) in [5.74, 6) is -3.77. The number of aliphatic hydroxyl groups excluding tert-OH is 1. The molecule has 1 aromatic rings. The van der Waals surface area contributed by atoms with Crippen molar-refractivity contribution in [2.75, 3.05) is 13.6 Å². The van der Waals surface area contributed by atoms with Crippen LogP contribution >= 0.6 is 0 Å². The number of likely N-dealkylation sites (tertiary alicyclic amines) is 1. The topological polar surface area (TPSA) is 169 Å². The van der Waals surface area contributed by atoms with Gasteiger partial charge in [0, 0.05) is 30.5 Å². The van der Waals surface area contributed by atoms with Crippen LogP contribution in [0.25, 0.3) is 0 Å². The van der Waals surface area contributed by atoms with Gasteiger partial charge in [-0.3, -0.25) is 9.59 Å². The van der Waals surface area contributed by atoms with E-state index in [4.69, 9.17) is 24.1 Å². The van der Waals surface area contributed by atoms with Gasteiger partial charge in [-0.05, 0) is 45.0 Å². The van der Waals surface area contributed by atoms with Crippen LogP contribution in [0.3, 0.4) is 0 Å². The molecule has 0 saturated carbocycles. The SMILES string of the molecule is CC(=O)O[C@@H](CC(=O)O)C(=O)O[C@@H](C)C(=O)OC1=CC[C@@]2(O)[C@H]3Cc4ccc(CO)c5c4C2(CCN3C)C1O5. The summed E-state index contributed by atoms with van der Waals surface area (Å²) in [7, 11) is 1.97. The van der Waals surface area contributed by atoms with Crippen molar-refractivity contribution in [3.63, 3.8) is 0 Å². The first-order valence-corrected chi connectivity index (χ1v) is 12.8. The van der Waals surface area contributed by atoms with Crippen LogP contribution in [0.1, 0.15) is 49.8 Å². The zero-order chi connectivity index (χ0) is 28.3. The number of likely N-dealkylation sites (N-methyl/N-ethyl adjacent to an activating group) is 1. The van der Waals surface area contributed by atoms with Gasteiger partial charge in [0.05, 0.1) is 24.0 Å². The van der Waals surface area contributed by atoms with E-state index in [9.17, 15) is 29.4 Å². The van der Waals surface area contributed by atoms with E-state index in [2.05, 4.69) is 4.90 Å². The van der Waals surface area contributed by atoms with Crippen molar-refractivity contribution >= 4 is 23.9 Å². The molecule has 4 aliphatic rings. The number of carboxylic acid groups (broad SMARTS) is 1. The summed E-state index contributed by atoms with van der Waals surface area (Å²) >= 11 is 0. The van der Waals surface area contributed by atoms with Gasteiger partial charge in [0.2, 0.25) is 6.10 Å². The van der Waals surface area contributed by atoms with Crippen molar-refractivity contribution in [3.8, 4) is 5.75 Å². The van der Waals surface area contributed by atoms with Crippen LogP contribution in [0.15, 0.2) is 24.0 Å². The minimum absolute atomic E-state index is 0.158. The number of hydrogen-bond donors (Lipinski definition) is 3. The van der Waals surface area contributed by atoms with Crippen LogP contribution in [0.2, 0.25) is 0 Å². The van der Waals surface area contributed by atoms with E-state index in [0.29, 0.717) is 30.7 Å². The van der Waals surface area contributed by atoms with Crippen LogP contribution in [0.5, 0.6) is 5.75 Å². The standard InChI is InChI=1S/C27H31NO11/c1-13(36-25(34)18(11-20(31)32)37-14(2)30)24(33)38-17-6-7-27(35)19-10-15-4-5-16(12-29)22-21(15)26(27,23(17)39-22)8-9-28(19)3/h4-6,13,18-19,23,29,35H,7-12H2,1-3H3,(H,31,32)/t13-,18-,19+,23?,26?,27+/m0/s1. The average molecular weight is 546 g/mol. The molecular formula is C27H31NO11. The molecule has 1 aromatic carbocycles. The number of aliphatic carboxylic acids is 1. The Balaban J connectivity index is 1.41. The fourth-order valence-electron chi connectivity index (χ4n) is 6.66. The number of carboxylic acids is 1. The quantitative estimate of drug-likeness (QED) is 0.303. The minimum atomic E-state index is -1.72. The van der Waals surface area contributed by atoms with E-state index in [0.717, 1.165) is 18.1 Å². The predicted octanol–water partition coefficient (Wildman–Crippen LogP) is 0.338. The van der Waals surface area contributed by atoms with Crippen LogP contribution in [0.4, 0.5) is 0 Å². The Bertz CT molecular complexity index is 1260.